The van der Waals surface area contributed by atoms with Crippen molar-refractivity contribution in [1.82, 2.24) is 9.69 Å². The number of carboxylic acid groups (broad SMARTS) is 1. The van der Waals surface area contributed by atoms with Gasteiger partial charge in [-0.1, -0.05) is 0 Å². The molecule has 0 radical (unpaired) electrons. The quantitative estimate of drug-likeness (QED) is 0.606. The summed E-state index contributed by atoms with van der Waals surface area (Å²) in [4.78, 5) is 22.9. The number of carbonyl (C=O) groups excluding carboxylic acids is 1. The van der Waals surface area contributed by atoms with Gasteiger partial charge in [0.1, 0.15) is 10.6 Å². The number of nitrogens with one attached hydrogen (secondary N) is 2. The minimum absolute atomic E-state index is 0.0203. The lowest BCUT2D eigenvalue weighted by Gasteiger charge is -2.09. The van der Waals surface area contributed by atoms with Crippen molar-refractivity contribution in [3.8, 4) is 0 Å². The molecule has 2 rings (SSSR count). The molecule has 1 aliphatic heterocycles. The number of anilines is 1. The molecule has 4 N–H and O–H groups in total. The fraction of sp³-hybridized carbons (Fsp3) is 0.500. The third-order valence-corrected chi connectivity index (χ3v) is 3.59. The first-order chi connectivity index (χ1) is 8.49. The molecule has 2 heterocycles. The maximum Gasteiger partial charge on any atom is 0.340 e. The molecule has 1 saturated heterocycles. The Balaban J connectivity index is 2.10. The molecule has 1 aromatic rings. The first kappa shape index (κ1) is 12.9. The summed E-state index contributed by atoms with van der Waals surface area (Å²) in [5.74, 6) is -1.46. The van der Waals surface area contributed by atoms with E-state index >= 15 is 0 Å². The van der Waals surface area contributed by atoms with E-state index in [1.807, 2.05) is 0 Å². The van der Waals surface area contributed by atoms with Gasteiger partial charge in [-0.05, 0) is 24.9 Å². The number of rotatable bonds is 3. The summed E-state index contributed by atoms with van der Waals surface area (Å²) in [6.07, 6.45) is -0.214. The molecule has 0 bridgehead atoms. The summed E-state index contributed by atoms with van der Waals surface area (Å²) in [5.41, 5.74) is 0.397. The number of amides is 1. The number of aromatic nitrogens is 1. The van der Waals surface area contributed by atoms with Gasteiger partial charge >= 0.3 is 5.97 Å². The van der Waals surface area contributed by atoms with Gasteiger partial charge in [0.25, 0.3) is 0 Å². The second-order valence-electron chi connectivity index (χ2n) is 4.12. The summed E-state index contributed by atoms with van der Waals surface area (Å²) in [7, 11) is 0. The Morgan fingerprint density at radius 1 is 1.56 bits per heavy atom. The number of β-amino-alcohol motifs (C(OH)–C–C–N with tert-alkyl or cyclic N) is 1. The molecule has 1 amide bonds. The molecule has 18 heavy (non-hydrogen) atoms. The standard InChI is InChI=1S/C10H13N3O4S/c1-4-7(10(16)17)9(18-13-4)12-8(15)6-2-5(14)3-11-6/h5-6,11,14H,2-3H2,1H3,(H,12,15)(H,16,17). The van der Waals surface area contributed by atoms with E-state index in [9.17, 15) is 14.7 Å². The lowest BCUT2D eigenvalue weighted by atomic mass is 10.2. The molecular weight excluding hydrogens is 258 g/mol. The van der Waals surface area contributed by atoms with Crippen LogP contribution in [0.4, 0.5) is 5.00 Å². The van der Waals surface area contributed by atoms with Gasteiger partial charge in [-0.3, -0.25) is 4.79 Å². The Hall–Kier alpha value is -1.51. The van der Waals surface area contributed by atoms with Gasteiger partial charge in [-0.2, -0.15) is 4.37 Å². The van der Waals surface area contributed by atoms with Gasteiger partial charge < -0.3 is 20.8 Å². The Labute approximate surface area is 107 Å². The highest BCUT2D eigenvalue weighted by atomic mass is 32.1. The number of hydrogen-bond donors (Lipinski definition) is 4. The Morgan fingerprint density at radius 3 is 2.83 bits per heavy atom. The number of aliphatic hydroxyl groups is 1. The molecule has 1 aromatic heterocycles. The molecule has 1 aliphatic rings. The van der Waals surface area contributed by atoms with Crippen LogP contribution in [0.1, 0.15) is 22.5 Å². The maximum absolute atomic E-state index is 11.8. The van der Waals surface area contributed by atoms with Crippen molar-refractivity contribution in [3.05, 3.63) is 11.3 Å². The van der Waals surface area contributed by atoms with Crippen LogP contribution in [-0.2, 0) is 4.79 Å². The molecule has 0 aliphatic carbocycles. The third-order valence-electron chi connectivity index (χ3n) is 2.74. The molecule has 0 saturated carbocycles. The lowest BCUT2D eigenvalue weighted by molar-refractivity contribution is -0.117. The minimum atomic E-state index is -1.11. The number of nitrogens with zero attached hydrogens (tertiary/aromatic N) is 1. The van der Waals surface area contributed by atoms with E-state index in [0.29, 0.717) is 18.7 Å². The van der Waals surface area contributed by atoms with Crippen molar-refractivity contribution in [2.24, 2.45) is 0 Å². The first-order valence-corrected chi connectivity index (χ1v) is 6.18. The molecule has 2 unspecified atom stereocenters. The molecule has 98 valence electrons. The van der Waals surface area contributed by atoms with Crippen LogP contribution in [0.15, 0.2) is 0 Å². The number of aromatic carboxylic acids is 1. The highest BCUT2D eigenvalue weighted by molar-refractivity contribution is 7.11. The van der Waals surface area contributed by atoms with Crippen LogP contribution in [0.5, 0.6) is 0 Å². The van der Waals surface area contributed by atoms with Crippen LogP contribution < -0.4 is 10.6 Å². The second kappa shape index (κ2) is 5.01. The smallest absolute Gasteiger partial charge is 0.340 e. The van der Waals surface area contributed by atoms with E-state index in [0.717, 1.165) is 11.5 Å². The van der Waals surface area contributed by atoms with Crippen LogP contribution in [-0.4, -0.2) is 45.2 Å². The number of aryl methyl sites for hydroxylation is 1. The zero-order valence-electron chi connectivity index (χ0n) is 9.64. The third kappa shape index (κ3) is 2.50. The maximum atomic E-state index is 11.8. The van der Waals surface area contributed by atoms with Crippen LogP contribution in [0.2, 0.25) is 0 Å². The predicted molar refractivity (Wildman–Crippen MR) is 64.9 cm³/mol. The average Bonchev–Trinajstić information content (AvgIpc) is 2.85. The summed E-state index contributed by atoms with van der Waals surface area (Å²) >= 11 is 0.939. The molecule has 0 spiro atoms. The van der Waals surface area contributed by atoms with Gasteiger partial charge in [0.15, 0.2) is 0 Å². The lowest BCUT2D eigenvalue weighted by Crippen LogP contribution is -2.35. The van der Waals surface area contributed by atoms with Gasteiger partial charge in [-0.15, -0.1) is 0 Å². The van der Waals surface area contributed by atoms with E-state index in [1.54, 1.807) is 6.92 Å². The number of carbonyl (C=O) groups is 2. The number of aliphatic hydroxyl groups excluding tert-OH is 1. The summed E-state index contributed by atoms with van der Waals surface area (Å²) in [6.45, 7) is 1.94. The molecule has 7 nitrogen and oxygen atoms in total. The fourth-order valence-corrected chi connectivity index (χ4v) is 2.61. The molecule has 0 aromatic carbocycles. The van der Waals surface area contributed by atoms with Crippen molar-refractivity contribution < 1.29 is 19.8 Å². The highest BCUT2D eigenvalue weighted by Gasteiger charge is 2.29. The normalized spacial score (nSPS) is 23.0. The van der Waals surface area contributed by atoms with Gasteiger partial charge in [-0.25, -0.2) is 4.79 Å². The van der Waals surface area contributed by atoms with Crippen molar-refractivity contribution in [1.29, 1.82) is 0 Å². The molecular formula is C10H13N3O4S. The van der Waals surface area contributed by atoms with Crippen LogP contribution in [0.25, 0.3) is 0 Å². The topological polar surface area (TPSA) is 112 Å². The largest absolute Gasteiger partial charge is 0.478 e. The number of hydrogen-bond acceptors (Lipinski definition) is 6. The fourth-order valence-electron chi connectivity index (χ4n) is 1.82. The summed E-state index contributed by atoms with van der Waals surface area (Å²) < 4.78 is 3.91. The van der Waals surface area contributed by atoms with Crippen LogP contribution in [0.3, 0.4) is 0 Å². The van der Waals surface area contributed by atoms with Crippen molar-refractivity contribution in [2.45, 2.75) is 25.5 Å². The van der Waals surface area contributed by atoms with E-state index in [4.69, 9.17) is 5.11 Å². The van der Waals surface area contributed by atoms with Crippen molar-refractivity contribution >= 4 is 28.4 Å². The summed E-state index contributed by atoms with van der Waals surface area (Å²) in [5, 5.41) is 24.0. The zero-order valence-corrected chi connectivity index (χ0v) is 10.5. The Morgan fingerprint density at radius 2 is 2.28 bits per heavy atom. The van der Waals surface area contributed by atoms with E-state index in [-0.39, 0.29) is 16.5 Å². The van der Waals surface area contributed by atoms with Crippen LogP contribution >= 0.6 is 11.5 Å². The van der Waals surface area contributed by atoms with E-state index in [2.05, 4.69) is 15.0 Å². The first-order valence-electron chi connectivity index (χ1n) is 5.41. The monoisotopic (exact) mass is 271 g/mol. The highest BCUT2D eigenvalue weighted by Crippen LogP contribution is 2.25. The summed E-state index contributed by atoms with van der Waals surface area (Å²) in [6, 6.07) is -0.496. The Bertz CT molecular complexity index is 487. The van der Waals surface area contributed by atoms with Crippen molar-refractivity contribution in [3.63, 3.8) is 0 Å². The molecule has 2 atom stereocenters. The van der Waals surface area contributed by atoms with Gasteiger partial charge in [0.2, 0.25) is 5.91 Å². The minimum Gasteiger partial charge on any atom is -0.478 e. The van der Waals surface area contributed by atoms with E-state index < -0.39 is 18.1 Å². The molecule has 8 heteroatoms. The average molecular weight is 271 g/mol. The van der Waals surface area contributed by atoms with E-state index in [1.165, 1.54) is 0 Å². The molecule has 1 fully saturated rings. The van der Waals surface area contributed by atoms with Crippen LogP contribution in [0, 0.1) is 6.92 Å². The Kier molecular flexibility index (Phi) is 3.60. The second-order valence-corrected chi connectivity index (χ2v) is 4.89. The zero-order chi connectivity index (χ0) is 13.3. The predicted octanol–water partition coefficient (Wildman–Crippen LogP) is -0.189. The SMILES string of the molecule is Cc1nsc(NC(=O)C2CC(O)CN2)c1C(=O)O. The number of carboxylic acids is 1. The van der Waals surface area contributed by atoms with Gasteiger partial charge in [0, 0.05) is 6.54 Å². The van der Waals surface area contributed by atoms with Crippen molar-refractivity contribution in [2.75, 3.05) is 11.9 Å². The van der Waals surface area contributed by atoms with Gasteiger partial charge in [0.05, 0.1) is 17.8 Å².